The van der Waals surface area contributed by atoms with Crippen molar-refractivity contribution in [2.24, 2.45) is 0 Å². The van der Waals surface area contributed by atoms with Crippen LogP contribution in [0.4, 0.5) is 0 Å². The number of nitrogens with zero attached hydrogens (tertiary/aromatic N) is 2. The molecule has 0 aliphatic heterocycles. The van der Waals surface area contributed by atoms with E-state index in [1.165, 1.54) is 33.8 Å². The predicted molar refractivity (Wildman–Crippen MR) is 138 cm³/mol. The Kier molecular flexibility index (Phi) is 6.72. The summed E-state index contributed by atoms with van der Waals surface area (Å²) in [6.45, 7) is 0.368. The van der Waals surface area contributed by atoms with Crippen molar-refractivity contribution in [3.05, 3.63) is 78.3 Å². The summed E-state index contributed by atoms with van der Waals surface area (Å²) in [4.78, 5) is 29.8. The Labute approximate surface area is 210 Å². The number of nitrogens with one attached hydrogen (secondary N) is 1. The number of ether oxygens (including phenoxy) is 1. The van der Waals surface area contributed by atoms with Gasteiger partial charge in [-0.25, -0.2) is 4.98 Å². The molecule has 0 bridgehead atoms. The maximum absolute atomic E-state index is 12.8. The van der Waals surface area contributed by atoms with Crippen LogP contribution in [0.5, 0.6) is 5.75 Å². The van der Waals surface area contributed by atoms with Gasteiger partial charge >= 0.3 is 4.87 Å². The summed E-state index contributed by atoms with van der Waals surface area (Å²) >= 11 is 8.78. The van der Waals surface area contributed by atoms with E-state index in [1.54, 1.807) is 23.8 Å². The van der Waals surface area contributed by atoms with Crippen LogP contribution in [-0.4, -0.2) is 28.6 Å². The van der Waals surface area contributed by atoms with Gasteiger partial charge < -0.3 is 10.1 Å². The Balaban J connectivity index is 1.24. The predicted octanol–water partition coefficient (Wildman–Crippen LogP) is 4.84. The Morgan fingerprint density at radius 2 is 2.15 bits per heavy atom. The van der Waals surface area contributed by atoms with Crippen LogP contribution in [0, 0.1) is 0 Å². The van der Waals surface area contributed by atoms with Gasteiger partial charge in [0.2, 0.25) is 5.91 Å². The monoisotopic (exact) mass is 513 g/mol. The molecule has 1 amide bonds. The number of aromatic nitrogens is 2. The Morgan fingerprint density at radius 1 is 1.26 bits per heavy atom. The van der Waals surface area contributed by atoms with E-state index >= 15 is 0 Å². The molecule has 2 aromatic heterocycles. The average Bonchev–Trinajstić information content (AvgIpc) is 3.30. The molecule has 2 aromatic carbocycles. The van der Waals surface area contributed by atoms with Gasteiger partial charge in [0, 0.05) is 16.4 Å². The van der Waals surface area contributed by atoms with Crippen LogP contribution in [0.3, 0.4) is 0 Å². The molecule has 1 N–H and O–H groups in total. The molecule has 9 heteroatoms. The molecule has 34 heavy (non-hydrogen) atoms. The summed E-state index contributed by atoms with van der Waals surface area (Å²) < 4.78 is 7.95. The van der Waals surface area contributed by atoms with Crippen LogP contribution < -0.4 is 14.9 Å². The van der Waals surface area contributed by atoms with Crippen molar-refractivity contribution in [3.8, 4) is 5.75 Å². The summed E-state index contributed by atoms with van der Waals surface area (Å²) in [6.07, 6.45) is 4.03. The van der Waals surface area contributed by atoms with Crippen molar-refractivity contribution in [2.45, 2.75) is 44.7 Å². The van der Waals surface area contributed by atoms with Crippen LogP contribution in [0.15, 0.2) is 46.6 Å². The summed E-state index contributed by atoms with van der Waals surface area (Å²) in [5.41, 5.74) is 4.10. The van der Waals surface area contributed by atoms with Crippen LogP contribution in [-0.2, 0) is 30.6 Å². The number of methoxy groups -OCH3 is 1. The van der Waals surface area contributed by atoms with Gasteiger partial charge in [-0.1, -0.05) is 29.0 Å². The van der Waals surface area contributed by atoms with Gasteiger partial charge in [-0.15, -0.1) is 11.3 Å². The van der Waals surface area contributed by atoms with Gasteiger partial charge in [-0.2, -0.15) is 0 Å². The lowest BCUT2D eigenvalue weighted by Crippen LogP contribution is -2.37. The number of fused-ring (bicyclic) bond motifs is 2. The topological polar surface area (TPSA) is 73.2 Å². The molecule has 1 aliphatic rings. The lowest BCUT2D eigenvalue weighted by molar-refractivity contribution is -0.121. The Bertz CT molecular complexity index is 1410. The number of amides is 1. The highest BCUT2D eigenvalue weighted by molar-refractivity contribution is 7.16. The van der Waals surface area contributed by atoms with Crippen molar-refractivity contribution in [2.75, 3.05) is 7.11 Å². The van der Waals surface area contributed by atoms with Crippen LogP contribution in [0.1, 0.15) is 34.7 Å². The summed E-state index contributed by atoms with van der Waals surface area (Å²) in [6, 6.07) is 11.8. The van der Waals surface area contributed by atoms with E-state index < -0.39 is 0 Å². The second kappa shape index (κ2) is 9.90. The van der Waals surface area contributed by atoms with Crippen LogP contribution in [0.2, 0.25) is 5.02 Å². The van der Waals surface area contributed by atoms with Gasteiger partial charge in [0.25, 0.3) is 0 Å². The first kappa shape index (κ1) is 23.1. The number of carbonyl (C=O) groups excluding carboxylic acids is 1. The fourth-order valence-electron chi connectivity index (χ4n) is 4.46. The molecule has 2 heterocycles. The van der Waals surface area contributed by atoms with Crippen LogP contribution >= 0.6 is 34.3 Å². The number of benzene rings is 2. The lowest BCUT2D eigenvalue weighted by atomic mass is 10.0. The van der Waals surface area contributed by atoms with E-state index in [2.05, 4.69) is 22.4 Å². The molecule has 5 rings (SSSR count). The molecule has 0 spiro atoms. The molecule has 1 aliphatic carbocycles. The standard InChI is InChI=1S/C25H24ClN3O3S2/c1-32-20-7-5-15-3-2-4-18(9-16(15)10-20)27-23(30)12-19-14-33-24(28-19)13-29-21-11-17(26)6-8-22(21)34-25(29)31/h5-8,10-11,14,18H,2-4,9,12-13H2,1H3,(H,27,30). The zero-order chi connectivity index (χ0) is 23.7. The third-order valence-electron chi connectivity index (χ3n) is 6.11. The first-order chi connectivity index (χ1) is 16.5. The number of hydrogen-bond acceptors (Lipinski definition) is 6. The van der Waals surface area contributed by atoms with Crippen molar-refractivity contribution in [3.63, 3.8) is 0 Å². The zero-order valence-electron chi connectivity index (χ0n) is 18.7. The quantitative estimate of drug-likeness (QED) is 0.374. The maximum Gasteiger partial charge on any atom is 0.308 e. The van der Waals surface area contributed by atoms with E-state index in [4.69, 9.17) is 16.3 Å². The van der Waals surface area contributed by atoms with Crippen LogP contribution in [0.25, 0.3) is 10.2 Å². The molecule has 1 unspecified atom stereocenters. The summed E-state index contributed by atoms with van der Waals surface area (Å²) in [7, 11) is 1.67. The van der Waals surface area contributed by atoms with E-state index in [-0.39, 0.29) is 23.2 Å². The highest BCUT2D eigenvalue weighted by Crippen LogP contribution is 2.26. The average molecular weight is 514 g/mol. The molecule has 6 nitrogen and oxygen atoms in total. The summed E-state index contributed by atoms with van der Waals surface area (Å²) in [5, 5.41) is 6.48. The minimum atomic E-state index is -0.0444. The highest BCUT2D eigenvalue weighted by atomic mass is 35.5. The van der Waals surface area contributed by atoms with Crippen molar-refractivity contribution in [1.82, 2.24) is 14.9 Å². The number of aryl methyl sites for hydroxylation is 1. The fraction of sp³-hybridized carbons (Fsp3) is 0.320. The molecular formula is C25H24ClN3O3S2. The first-order valence-electron chi connectivity index (χ1n) is 11.2. The third-order valence-corrected chi connectivity index (χ3v) is 8.18. The van der Waals surface area contributed by atoms with Gasteiger partial charge in [-0.05, 0) is 67.1 Å². The maximum atomic E-state index is 12.8. The number of rotatable bonds is 6. The van der Waals surface area contributed by atoms with E-state index in [0.717, 1.165) is 52.4 Å². The Hall–Kier alpha value is -2.68. The number of halogens is 1. The van der Waals surface area contributed by atoms with E-state index in [9.17, 15) is 9.59 Å². The highest BCUT2D eigenvalue weighted by Gasteiger charge is 2.20. The molecule has 0 saturated heterocycles. The lowest BCUT2D eigenvalue weighted by Gasteiger charge is -2.17. The largest absolute Gasteiger partial charge is 0.497 e. The minimum Gasteiger partial charge on any atom is -0.497 e. The Morgan fingerprint density at radius 3 is 3.00 bits per heavy atom. The fourth-order valence-corrected chi connectivity index (χ4v) is 6.28. The molecule has 0 radical (unpaired) electrons. The minimum absolute atomic E-state index is 0.0295. The van der Waals surface area contributed by atoms with E-state index in [1.807, 2.05) is 17.5 Å². The molecule has 0 fully saturated rings. The number of thiazole rings is 2. The molecular weight excluding hydrogens is 490 g/mol. The SMILES string of the molecule is COc1ccc2c(c1)CC(NC(=O)Cc1csc(Cn3c(=O)sc4ccc(Cl)cc43)n1)CCC2. The van der Waals surface area contributed by atoms with Gasteiger partial charge in [-0.3, -0.25) is 14.2 Å². The first-order valence-corrected chi connectivity index (χ1v) is 13.2. The van der Waals surface area contributed by atoms with Crippen molar-refractivity contribution >= 4 is 50.4 Å². The molecule has 176 valence electrons. The normalized spacial score (nSPS) is 15.6. The van der Waals surface area contributed by atoms with Gasteiger partial charge in [0.1, 0.15) is 10.8 Å². The molecule has 0 saturated carbocycles. The van der Waals surface area contributed by atoms with Crippen molar-refractivity contribution < 1.29 is 9.53 Å². The number of carbonyl (C=O) groups is 1. The third kappa shape index (κ3) is 5.04. The summed E-state index contributed by atoms with van der Waals surface area (Å²) in [5.74, 6) is 0.818. The zero-order valence-corrected chi connectivity index (χ0v) is 21.1. The van der Waals surface area contributed by atoms with E-state index in [0.29, 0.717) is 11.6 Å². The molecule has 1 atom stereocenters. The van der Waals surface area contributed by atoms with Gasteiger partial charge in [0.05, 0.1) is 36.0 Å². The smallest absolute Gasteiger partial charge is 0.308 e. The second-order valence-corrected chi connectivity index (χ2v) is 10.8. The molecule has 4 aromatic rings. The second-order valence-electron chi connectivity index (χ2n) is 8.47. The van der Waals surface area contributed by atoms with Gasteiger partial charge in [0.15, 0.2) is 0 Å². The van der Waals surface area contributed by atoms with Crippen molar-refractivity contribution in [1.29, 1.82) is 0 Å². The number of hydrogen-bond donors (Lipinski definition) is 1.